The smallest absolute Gasteiger partial charge is 0.157 e. The van der Waals surface area contributed by atoms with Crippen LogP contribution in [-0.4, -0.2) is 19.7 Å². The topological polar surface area (TPSA) is 67.4 Å². The first-order chi connectivity index (χ1) is 9.76. The summed E-state index contributed by atoms with van der Waals surface area (Å²) in [7, 11) is 0. The predicted molar refractivity (Wildman–Crippen MR) is 74.3 cm³/mol. The van der Waals surface area contributed by atoms with Crippen LogP contribution in [-0.2, 0) is 0 Å². The maximum absolute atomic E-state index is 8.98. The minimum Gasteiger partial charge on any atom is -0.236 e. The standard InChI is InChI=1S/C14H8ClN5/c15-12-5-10(8-16)4-11(6-12)13-7-14(18-9-17-13)20-3-1-2-19-20/h1-7,9H. The van der Waals surface area contributed by atoms with Crippen molar-refractivity contribution in [2.45, 2.75) is 0 Å². The third-order valence-electron chi connectivity index (χ3n) is 2.71. The van der Waals surface area contributed by atoms with E-state index in [1.807, 2.05) is 6.07 Å². The van der Waals surface area contributed by atoms with Crippen molar-refractivity contribution in [3.63, 3.8) is 0 Å². The first-order valence-corrected chi connectivity index (χ1v) is 6.17. The Morgan fingerprint density at radius 1 is 1.15 bits per heavy atom. The van der Waals surface area contributed by atoms with Crippen molar-refractivity contribution in [3.8, 4) is 23.1 Å². The Balaban J connectivity index is 2.09. The Bertz CT molecular complexity index is 790. The van der Waals surface area contributed by atoms with Gasteiger partial charge in [0.2, 0.25) is 0 Å². The van der Waals surface area contributed by atoms with Crippen LogP contribution in [0.15, 0.2) is 49.1 Å². The van der Waals surface area contributed by atoms with E-state index in [1.165, 1.54) is 6.33 Å². The number of benzene rings is 1. The summed E-state index contributed by atoms with van der Waals surface area (Å²) in [4.78, 5) is 8.38. The largest absolute Gasteiger partial charge is 0.236 e. The normalized spacial score (nSPS) is 10.2. The van der Waals surface area contributed by atoms with Crippen LogP contribution in [0.4, 0.5) is 0 Å². The predicted octanol–water partition coefficient (Wildman–Crippen LogP) is 2.85. The van der Waals surface area contributed by atoms with E-state index in [2.05, 4.69) is 21.1 Å². The Morgan fingerprint density at radius 2 is 2.05 bits per heavy atom. The van der Waals surface area contributed by atoms with Gasteiger partial charge in [-0.15, -0.1) is 0 Å². The highest BCUT2D eigenvalue weighted by Crippen LogP contribution is 2.23. The molecule has 5 nitrogen and oxygen atoms in total. The molecule has 0 radical (unpaired) electrons. The molecule has 0 saturated carbocycles. The molecule has 1 aromatic carbocycles. The molecular formula is C14H8ClN5. The Labute approximate surface area is 120 Å². The summed E-state index contributed by atoms with van der Waals surface area (Å²) < 4.78 is 1.64. The summed E-state index contributed by atoms with van der Waals surface area (Å²) in [5.74, 6) is 0.651. The molecule has 0 amide bonds. The van der Waals surface area contributed by atoms with Gasteiger partial charge in [0.25, 0.3) is 0 Å². The van der Waals surface area contributed by atoms with Gasteiger partial charge >= 0.3 is 0 Å². The number of hydrogen-bond acceptors (Lipinski definition) is 4. The summed E-state index contributed by atoms with van der Waals surface area (Å²) in [6.07, 6.45) is 4.93. The Morgan fingerprint density at radius 3 is 2.80 bits per heavy atom. The second kappa shape index (κ2) is 5.11. The highest BCUT2D eigenvalue weighted by Gasteiger charge is 2.06. The first kappa shape index (κ1) is 12.3. The fourth-order valence-electron chi connectivity index (χ4n) is 1.84. The Kier molecular flexibility index (Phi) is 3.15. The van der Waals surface area contributed by atoms with E-state index in [4.69, 9.17) is 16.9 Å². The number of halogens is 1. The Hall–Kier alpha value is -2.71. The van der Waals surface area contributed by atoms with Crippen molar-refractivity contribution in [3.05, 3.63) is 59.6 Å². The molecule has 6 heteroatoms. The van der Waals surface area contributed by atoms with Gasteiger partial charge in [-0.25, -0.2) is 14.6 Å². The molecule has 0 atom stereocenters. The van der Waals surface area contributed by atoms with Gasteiger partial charge < -0.3 is 0 Å². The van der Waals surface area contributed by atoms with Crippen molar-refractivity contribution >= 4 is 11.6 Å². The maximum atomic E-state index is 8.98. The van der Waals surface area contributed by atoms with Crippen LogP contribution in [0.25, 0.3) is 17.1 Å². The summed E-state index contributed by atoms with van der Waals surface area (Å²) in [5.41, 5.74) is 1.95. The molecule has 0 bridgehead atoms. The van der Waals surface area contributed by atoms with Crippen LogP contribution in [0.2, 0.25) is 5.02 Å². The summed E-state index contributed by atoms with van der Waals surface area (Å²) >= 11 is 6.01. The van der Waals surface area contributed by atoms with Crippen molar-refractivity contribution in [2.75, 3.05) is 0 Å². The first-order valence-electron chi connectivity index (χ1n) is 5.79. The second-order valence-electron chi connectivity index (χ2n) is 4.05. The van der Waals surface area contributed by atoms with Crippen molar-refractivity contribution < 1.29 is 0 Å². The fraction of sp³-hybridized carbons (Fsp3) is 0. The molecule has 0 fully saturated rings. The molecule has 96 valence electrons. The van der Waals surface area contributed by atoms with E-state index >= 15 is 0 Å². The molecule has 0 aliphatic carbocycles. The van der Waals surface area contributed by atoms with E-state index in [1.54, 1.807) is 41.3 Å². The van der Waals surface area contributed by atoms with Crippen molar-refractivity contribution in [1.82, 2.24) is 19.7 Å². The third kappa shape index (κ3) is 2.37. The molecular weight excluding hydrogens is 274 g/mol. The van der Waals surface area contributed by atoms with Crippen molar-refractivity contribution in [1.29, 1.82) is 5.26 Å². The second-order valence-corrected chi connectivity index (χ2v) is 4.49. The van der Waals surface area contributed by atoms with Crippen molar-refractivity contribution in [2.24, 2.45) is 0 Å². The fourth-order valence-corrected chi connectivity index (χ4v) is 2.07. The average Bonchev–Trinajstić information content (AvgIpc) is 3.01. The maximum Gasteiger partial charge on any atom is 0.157 e. The molecule has 0 N–H and O–H groups in total. The van der Waals surface area contributed by atoms with E-state index in [0.717, 1.165) is 5.56 Å². The number of nitriles is 1. The van der Waals surface area contributed by atoms with Gasteiger partial charge in [-0.1, -0.05) is 11.6 Å². The minimum atomic E-state index is 0.492. The lowest BCUT2D eigenvalue weighted by Crippen LogP contribution is -1.99. The number of nitrogens with zero attached hydrogens (tertiary/aromatic N) is 5. The van der Waals surface area contributed by atoms with Gasteiger partial charge in [0.15, 0.2) is 5.82 Å². The monoisotopic (exact) mass is 281 g/mol. The summed E-state index contributed by atoms with van der Waals surface area (Å²) in [6.45, 7) is 0. The molecule has 0 saturated heterocycles. The lowest BCUT2D eigenvalue weighted by molar-refractivity contribution is 0.840. The van der Waals surface area contributed by atoms with Gasteiger partial charge in [0.1, 0.15) is 6.33 Å². The van der Waals surface area contributed by atoms with Gasteiger partial charge in [0, 0.05) is 29.0 Å². The molecule has 2 heterocycles. The van der Waals surface area contributed by atoms with E-state index < -0.39 is 0 Å². The molecule has 3 rings (SSSR count). The van der Waals surface area contributed by atoms with Gasteiger partial charge in [-0.05, 0) is 24.3 Å². The molecule has 20 heavy (non-hydrogen) atoms. The molecule has 0 unspecified atom stereocenters. The zero-order valence-corrected chi connectivity index (χ0v) is 11.0. The number of rotatable bonds is 2. The zero-order chi connectivity index (χ0) is 13.9. The molecule has 0 aliphatic rings. The number of aromatic nitrogens is 4. The molecule has 3 aromatic rings. The van der Waals surface area contributed by atoms with Crippen LogP contribution in [0.5, 0.6) is 0 Å². The van der Waals surface area contributed by atoms with E-state index in [-0.39, 0.29) is 0 Å². The van der Waals surface area contributed by atoms with E-state index in [9.17, 15) is 0 Å². The van der Waals surface area contributed by atoms with Crippen LogP contribution in [0, 0.1) is 11.3 Å². The quantitative estimate of drug-likeness (QED) is 0.724. The van der Waals surface area contributed by atoms with Crippen LogP contribution < -0.4 is 0 Å². The lowest BCUT2D eigenvalue weighted by atomic mass is 10.1. The van der Waals surface area contributed by atoms with E-state index in [0.29, 0.717) is 22.1 Å². The average molecular weight is 282 g/mol. The SMILES string of the molecule is N#Cc1cc(Cl)cc(-c2cc(-n3cccn3)ncn2)c1. The highest BCUT2D eigenvalue weighted by molar-refractivity contribution is 6.31. The number of hydrogen-bond donors (Lipinski definition) is 0. The van der Waals surface area contributed by atoms with Crippen LogP contribution >= 0.6 is 11.6 Å². The van der Waals surface area contributed by atoms with Crippen LogP contribution in [0.3, 0.4) is 0 Å². The third-order valence-corrected chi connectivity index (χ3v) is 2.93. The van der Waals surface area contributed by atoms with Crippen LogP contribution in [0.1, 0.15) is 5.56 Å². The van der Waals surface area contributed by atoms with Gasteiger partial charge in [-0.2, -0.15) is 10.4 Å². The molecule has 0 spiro atoms. The van der Waals surface area contributed by atoms with Gasteiger partial charge in [0.05, 0.1) is 17.3 Å². The zero-order valence-electron chi connectivity index (χ0n) is 10.2. The summed E-state index contributed by atoms with van der Waals surface area (Å²) in [5, 5.41) is 13.6. The highest BCUT2D eigenvalue weighted by atomic mass is 35.5. The van der Waals surface area contributed by atoms with Gasteiger partial charge in [-0.3, -0.25) is 0 Å². The minimum absolute atomic E-state index is 0.492. The molecule has 2 aromatic heterocycles. The lowest BCUT2D eigenvalue weighted by Gasteiger charge is -2.05. The molecule has 0 aliphatic heterocycles. The summed E-state index contributed by atoms with van der Waals surface area (Å²) in [6, 6.07) is 10.8.